The molecule has 3 atom stereocenters. The monoisotopic (exact) mass is 332 g/mol. The molecule has 0 aliphatic carbocycles. The van der Waals surface area contributed by atoms with Gasteiger partial charge in [-0.2, -0.15) is 0 Å². The molecule has 0 radical (unpaired) electrons. The van der Waals surface area contributed by atoms with E-state index in [2.05, 4.69) is 15.4 Å². The van der Waals surface area contributed by atoms with Crippen LogP contribution < -0.4 is 10.6 Å². The molecule has 0 saturated carbocycles. The summed E-state index contributed by atoms with van der Waals surface area (Å²) in [6.45, 7) is 8.19. The summed E-state index contributed by atoms with van der Waals surface area (Å²) in [7, 11) is 1.16. The lowest BCUT2D eigenvalue weighted by Gasteiger charge is -2.27. The molecule has 0 saturated heterocycles. The molecule has 3 unspecified atom stereocenters. The standard InChI is InChI=1S/C15H28N2O6/c1-7-9(2)11(17-14(21)23-15(3,4)5)12(19)16-10(8-18)13(20)22-6/h9-11,18H,7-8H2,1-6H3,(H,16,19)(H,17,21). The average molecular weight is 332 g/mol. The molecule has 2 amide bonds. The van der Waals surface area contributed by atoms with Crippen molar-refractivity contribution in [2.45, 2.75) is 58.7 Å². The molecule has 0 aromatic rings. The van der Waals surface area contributed by atoms with Gasteiger partial charge in [0.05, 0.1) is 13.7 Å². The van der Waals surface area contributed by atoms with Crippen molar-refractivity contribution in [2.75, 3.05) is 13.7 Å². The highest BCUT2D eigenvalue weighted by atomic mass is 16.6. The number of hydrogen-bond acceptors (Lipinski definition) is 6. The van der Waals surface area contributed by atoms with Gasteiger partial charge < -0.3 is 25.2 Å². The molecule has 0 rings (SSSR count). The number of aliphatic hydroxyl groups excluding tert-OH is 1. The summed E-state index contributed by atoms with van der Waals surface area (Å²) in [5.41, 5.74) is -0.694. The van der Waals surface area contributed by atoms with E-state index in [0.717, 1.165) is 7.11 Å². The van der Waals surface area contributed by atoms with Crippen molar-refractivity contribution < 1.29 is 29.0 Å². The van der Waals surface area contributed by atoms with Crippen LogP contribution in [0.3, 0.4) is 0 Å². The summed E-state index contributed by atoms with van der Waals surface area (Å²) in [4.78, 5) is 35.7. The maximum absolute atomic E-state index is 12.3. The largest absolute Gasteiger partial charge is 0.467 e. The Morgan fingerprint density at radius 3 is 2.13 bits per heavy atom. The first-order valence-corrected chi connectivity index (χ1v) is 7.54. The van der Waals surface area contributed by atoms with Crippen molar-refractivity contribution in [3.05, 3.63) is 0 Å². The van der Waals surface area contributed by atoms with Crippen molar-refractivity contribution in [3.63, 3.8) is 0 Å². The van der Waals surface area contributed by atoms with E-state index in [9.17, 15) is 14.4 Å². The molecule has 0 bridgehead atoms. The van der Waals surface area contributed by atoms with Gasteiger partial charge in [0.2, 0.25) is 5.91 Å². The van der Waals surface area contributed by atoms with E-state index >= 15 is 0 Å². The van der Waals surface area contributed by atoms with Gasteiger partial charge in [-0.15, -0.1) is 0 Å². The van der Waals surface area contributed by atoms with Crippen molar-refractivity contribution in [2.24, 2.45) is 5.92 Å². The SMILES string of the molecule is CCC(C)C(NC(=O)OC(C)(C)C)C(=O)NC(CO)C(=O)OC. The zero-order chi connectivity index (χ0) is 18.2. The maximum Gasteiger partial charge on any atom is 0.408 e. The Morgan fingerprint density at radius 2 is 1.74 bits per heavy atom. The van der Waals surface area contributed by atoms with Crippen LogP contribution in [0, 0.1) is 5.92 Å². The number of esters is 1. The lowest BCUT2D eigenvalue weighted by molar-refractivity contribution is -0.146. The number of aliphatic hydroxyl groups is 1. The summed E-state index contributed by atoms with van der Waals surface area (Å²) in [6.07, 6.45) is -0.104. The van der Waals surface area contributed by atoms with Crippen molar-refractivity contribution >= 4 is 18.0 Å². The van der Waals surface area contributed by atoms with Crippen LogP contribution in [0.2, 0.25) is 0 Å². The minimum absolute atomic E-state index is 0.195. The summed E-state index contributed by atoms with van der Waals surface area (Å²) in [5.74, 6) is -1.55. The van der Waals surface area contributed by atoms with Crippen LogP contribution in [0.25, 0.3) is 0 Å². The number of methoxy groups -OCH3 is 1. The van der Waals surface area contributed by atoms with Crippen LogP contribution in [-0.2, 0) is 19.1 Å². The molecule has 0 fully saturated rings. The molecule has 3 N–H and O–H groups in total. The van der Waals surface area contributed by atoms with Crippen molar-refractivity contribution in [3.8, 4) is 0 Å². The number of rotatable bonds is 7. The Morgan fingerprint density at radius 1 is 1.17 bits per heavy atom. The highest BCUT2D eigenvalue weighted by Crippen LogP contribution is 2.11. The fourth-order valence-corrected chi connectivity index (χ4v) is 1.72. The van der Waals surface area contributed by atoms with Crippen LogP contribution in [0.1, 0.15) is 41.0 Å². The predicted molar refractivity (Wildman–Crippen MR) is 83.6 cm³/mol. The van der Waals surface area contributed by atoms with Crippen LogP contribution in [0.4, 0.5) is 4.79 Å². The minimum Gasteiger partial charge on any atom is -0.467 e. The minimum atomic E-state index is -1.18. The first-order chi connectivity index (χ1) is 10.6. The lowest BCUT2D eigenvalue weighted by atomic mass is 9.98. The highest BCUT2D eigenvalue weighted by Gasteiger charge is 2.31. The number of carbonyl (C=O) groups is 3. The third-order valence-corrected chi connectivity index (χ3v) is 3.15. The summed E-state index contributed by atoms with van der Waals surface area (Å²) < 4.78 is 9.63. The van der Waals surface area contributed by atoms with E-state index in [1.165, 1.54) is 0 Å². The van der Waals surface area contributed by atoms with E-state index in [1.807, 2.05) is 6.92 Å². The second-order valence-corrected chi connectivity index (χ2v) is 6.28. The third-order valence-electron chi connectivity index (χ3n) is 3.15. The first-order valence-electron chi connectivity index (χ1n) is 7.54. The van der Waals surface area contributed by atoms with Gasteiger partial charge >= 0.3 is 12.1 Å². The highest BCUT2D eigenvalue weighted by molar-refractivity contribution is 5.89. The molecular weight excluding hydrogens is 304 g/mol. The quantitative estimate of drug-likeness (QED) is 0.588. The van der Waals surface area contributed by atoms with Gasteiger partial charge in [-0.1, -0.05) is 20.3 Å². The number of amides is 2. The molecule has 0 spiro atoms. The third kappa shape index (κ3) is 7.83. The lowest BCUT2D eigenvalue weighted by Crippen LogP contribution is -2.55. The summed E-state index contributed by atoms with van der Waals surface area (Å²) in [5, 5.41) is 14.0. The molecule has 0 heterocycles. The Hall–Kier alpha value is -1.83. The first kappa shape index (κ1) is 21.2. The number of carbonyl (C=O) groups excluding carboxylic acids is 3. The molecule has 0 aromatic heterocycles. The van der Waals surface area contributed by atoms with Gasteiger partial charge in [0.15, 0.2) is 6.04 Å². The van der Waals surface area contributed by atoms with Gasteiger partial charge in [-0.3, -0.25) is 4.79 Å². The Kier molecular flexibility index (Phi) is 8.60. The van der Waals surface area contributed by atoms with E-state index in [1.54, 1.807) is 27.7 Å². The maximum atomic E-state index is 12.3. The van der Waals surface area contributed by atoms with Gasteiger partial charge in [-0.05, 0) is 26.7 Å². The van der Waals surface area contributed by atoms with Gasteiger partial charge in [0, 0.05) is 0 Å². The molecule has 0 aliphatic heterocycles. The van der Waals surface area contributed by atoms with Gasteiger partial charge in [0.1, 0.15) is 11.6 Å². The zero-order valence-corrected chi connectivity index (χ0v) is 14.6. The molecule has 134 valence electrons. The number of alkyl carbamates (subject to hydrolysis) is 1. The average Bonchev–Trinajstić information content (AvgIpc) is 2.46. The number of ether oxygens (including phenoxy) is 2. The summed E-state index contributed by atoms with van der Waals surface area (Å²) in [6, 6.07) is -2.08. The Labute approximate surface area is 136 Å². The second-order valence-electron chi connectivity index (χ2n) is 6.28. The van der Waals surface area contributed by atoms with E-state index in [0.29, 0.717) is 6.42 Å². The Balaban J connectivity index is 4.99. The molecular formula is C15H28N2O6. The van der Waals surface area contributed by atoms with Crippen LogP contribution in [0.5, 0.6) is 0 Å². The van der Waals surface area contributed by atoms with Crippen LogP contribution in [-0.4, -0.2) is 54.5 Å². The van der Waals surface area contributed by atoms with Crippen molar-refractivity contribution in [1.29, 1.82) is 0 Å². The topological polar surface area (TPSA) is 114 Å². The second kappa shape index (κ2) is 9.34. The molecule has 0 aromatic carbocycles. The fourth-order valence-electron chi connectivity index (χ4n) is 1.72. The Bertz CT molecular complexity index is 419. The smallest absolute Gasteiger partial charge is 0.408 e. The van der Waals surface area contributed by atoms with Crippen LogP contribution >= 0.6 is 0 Å². The van der Waals surface area contributed by atoms with Crippen LogP contribution in [0.15, 0.2) is 0 Å². The number of hydrogen-bond donors (Lipinski definition) is 3. The van der Waals surface area contributed by atoms with E-state index in [4.69, 9.17) is 9.84 Å². The molecule has 8 nitrogen and oxygen atoms in total. The fraction of sp³-hybridized carbons (Fsp3) is 0.800. The molecule has 0 aliphatic rings. The normalized spacial score (nSPS) is 15.1. The van der Waals surface area contributed by atoms with E-state index < -0.39 is 42.3 Å². The van der Waals surface area contributed by atoms with E-state index in [-0.39, 0.29) is 5.92 Å². The predicted octanol–water partition coefficient (Wildman–Crippen LogP) is 0.576. The molecule has 8 heteroatoms. The number of nitrogens with one attached hydrogen (secondary N) is 2. The zero-order valence-electron chi connectivity index (χ0n) is 14.6. The van der Waals surface area contributed by atoms with Gasteiger partial charge in [0.25, 0.3) is 0 Å². The molecule has 23 heavy (non-hydrogen) atoms. The van der Waals surface area contributed by atoms with Crippen molar-refractivity contribution in [1.82, 2.24) is 10.6 Å². The van der Waals surface area contributed by atoms with Gasteiger partial charge in [-0.25, -0.2) is 9.59 Å². The summed E-state index contributed by atoms with van der Waals surface area (Å²) >= 11 is 0.